The molecular weight excluding hydrogens is 450 g/mol. The van der Waals surface area contributed by atoms with E-state index in [-0.39, 0.29) is 50.5 Å². The Balaban J connectivity index is 2.28. The second-order valence-corrected chi connectivity index (χ2v) is 8.14. The van der Waals surface area contributed by atoms with Gasteiger partial charge in [-0.15, -0.1) is 5.06 Å². The minimum Gasteiger partial charge on any atom is -0.352 e. The van der Waals surface area contributed by atoms with Crippen LogP contribution in [0.3, 0.4) is 0 Å². The zero-order chi connectivity index (χ0) is 25.7. The van der Waals surface area contributed by atoms with Gasteiger partial charge in [-0.25, -0.2) is 9.59 Å². The summed E-state index contributed by atoms with van der Waals surface area (Å²) in [6, 6.07) is -1.42. The number of nitrogens with zero attached hydrogens (tertiary/aromatic N) is 1. The van der Waals surface area contributed by atoms with Crippen molar-refractivity contribution in [1.29, 1.82) is 0 Å². The maximum atomic E-state index is 12.3. The Hall–Kier alpha value is -3.51. The second-order valence-electron chi connectivity index (χ2n) is 8.14. The van der Waals surface area contributed by atoms with Crippen molar-refractivity contribution < 1.29 is 38.4 Å². The molecule has 0 aromatic carbocycles. The van der Waals surface area contributed by atoms with E-state index in [0.29, 0.717) is 30.7 Å². The van der Waals surface area contributed by atoms with Gasteiger partial charge in [0.15, 0.2) is 5.78 Å². The Labute approximate surface area is 197 Å². The Morgan fingerprint density at radius 3 is 2.15 bits per heavy atom. The van der Waals surface area contributed by atoms with Gasteiger partial charge in [0.1, 0.15) is 0 Å². The molecular formula is C21H33N5O8. The van der Waals surface area contributed by atoms with Crippen molar-refractivity contribution in [2.75, 3.05) is 13.1 Å². The van der Waals surface area contributed by atoms with E-state index in [9.17, 15) is 33.6 Å². The number of hydroxylamine groups is 2. The molecule has 1 heterocycles. The zero-order valence-corrected chi connectivity index (χ0v) is 19.5. The summed E-state index contributed by atoms with van der Waals surface area (Å²) in [6.45, 7) is 3.37. The highest BCUT2D eigenvalue weighted by molar-refractivity contribution is 6.01. The van der Waals surface area contributed by atoms with Gasteiger partial charge < -0.3 is 26.5 Å². The average molecular weight is 484 g/mol. The summed E-state index contributed by atoms with van der Waals surface area (Å²) < 4.78 is 0. The van der Waals surface area contributed by atoms with Gasteiger partial charge in [0.2, 0.25) is 11.8 Å². The molecule has 1 aliphatic heterocycles. The molecule has 190 valence electrons. The van der Waals surface area contributed by atoms with Crippen LogP contribution in [0, 0.1) is 5.92 Å². The monoisotopic (exact) mass is 483 g/mol. The Morgan fingerprint density at radius 2 is 1.56 bits per heavy atom. The van der Waals surface area contributed by atoms with Crippen LogP contribution in [0.2, 0.25) is 0 Å². The molecule has 0 aromatic heterocycles. The molecule has 1 fully saturated rings. The summed E-state index contributed by atoms with van der Waals surface area (Å²) in [6.07, 6.45) is 1.36. The van der Waals surface area contributed by atoms with Gasteiger partial charge in [0.05, 0.1) is 12.6 Å². The molecule has 5 N–H and O–H groups in total. The number of primary amides is 1. The molecule has 1 saturated heterocycles. The smallest absolute Gasteiger partial charge is 0.333 e. The van der Waals surface area contributed by atoms with Crippen LogP contribution < -0.4 is 21.7 Å². The average Bonchev–Trinajstić information content (AvgIpc) is 3.08. The summed E-state index contributed by atoms with van der Waals surface area (Å²) in [4.78, 5) is 86.4. The van der Waals surface area contributed by atoms with Gasteiger partial charge in [0.25, 0.3) is 11.8 Å². The lowest BCUT2D eigenvalue weighted by atomic mass is 9.98. The second kappa shape index (κ2) is 14.6. The fourth-order valence-corrected chi connectivity index (χ4v) is 3.08. The summed E-state index contributed by atoms with van der Waals surface area (Å²) in [7, 11) is 0. The molecule has 13 nitrogen and oxygen atoms in total. The van der Waals surface area contributed by atoms with Gasteiger partial charge in [-0.1, -0.05) is 13.8 Å². The normalized spacial score (nSPS) is 14.0. The topological polar surface area (TPSA) is 194 Å². The molecule has 0 spiro atoms. The Bertz CT molecular complexity index is 782. The van der Waals surface area contributed by atoms with Crippen LogP contribution in [0.4, 0.5) is 4.79 Å². The summed E-state index contributed by atoms with van der Waals surface area (Å²) in [5, 5.41) is 7.93. The largest absolute Gasteiger partial charge is 0.352 e. The van der Waals surface area contributed by atoms with Crippen LogP contribution >= 0.6 is 0 Å². The van der Waals surface area contributed by atoms with Crippen LogP contribution in [-0.4, -0.2) is 65.6 Å². The molecule has 1 aliphatic rings. The third kappa shape index (κ3) is 10.9. The number of carbonyl (C=O) groups is 7. The van der Waals surface area contributed by atoms with Crippen LogP contribution in [0.5, 0.6) is 0 Å². The third-order valence-corrected chi connectivity index (χ3v) is 4.90. The number of unbranched alkanes of at least 4 members (excludes halogenated alkanes) is 1. The van der Waals surface area contributed by atoms with E-state index in [1.165, 1.54) is 0 Å². The molecule has 1 unspecified atom stereocenters. The highest BCUT2D eigenvalue weighted by atomic mass is 16.7. The highest BCUT2D eigenvalue weighted by Gasteiger charge is 2.32. The van der Waals surface area contributed by atoms with E-state index in [4.69, 9.17) is 10.6 Å². The number of hydrogen-bond acceptors (Lipinski definition) is 8. The summed E-state index contributed by atoms with van der Waals surface area (Å²) in [5.74, 6) is -3.27. The predicted molar refractivity (Wildman–Crippen MR) is 117 cm³/mol. The van der Waals surface area contributed by atoms with Crippen molar-refractivity contribution in [3.63, 3.8) is 0 Å². The zero-order valence-electron chi connectivity index (χ0n) is 19.5. The molecule has 0 radical (unpaired) electrons. The lowest BCUT2D eigenvalue weighted by Gasteiger charge is -2.20. The van der Waals surface area contributed by atoms with Gasteiger partial charge in [-0.3, -0.25) is 24.0 Å². The molecule has 34 heavy (non-hydrogen) atoms. The number of Topliss-reactive ketones (excluding diaryl/α,β-unsaturated/α-hetero) is 1. The Morgan fingerprint density at radius 1 is 0.941 bits per heavy atom. The minimum absolute atomic E-state index is 0.0126. The first-order valence-electron chi connectivity index (χ1n) is 11.2. The van der Waals surface area contributed by atoms with E-state index >= 15 is 0 Å². The summed E-state index contributed by atoms with van der Waals surface area (Å²) >= 11 is 0. The quantitative estimate of drug-likeness (QED) is 0.175. The van der Waals surface area contributed by atoms with Gasteiger partial charge in [-0.2, -0.15) is 0 Å². The fraction of sp³-hybridized carbons (Fsp3) is 0.667. The first-order valence-corrected chi connectivity index (χ1v) is 11.2. The number of amides is 6. The molecule has 0 saturated carbocycles. The van der Waals surface area contributed by atoms with Crippen molar-refractivity contribution in [1.82, 2.24) is 21.0 Å². The van der Waals surface area contributed by atoms with Crippen molar-refractivity contribution in [2.24, 2.45) is 11.7 Å². The number of ketones is 1. The maximum absolute atomic E-state index is 12.3. The van der Waals surface area contributed by atoms with Gasteiger partial charge in [-0.05, 0) is 25.7 Å². The van der Waals surface area contributed by atoms with Crippen molar-refractivity contribution in [3.05, 3.63) is 0 Å². The molecule has 0 bridgehead atoms. The van der Waals surface area contributed by atoms with Crippen molar-refractivity contribution in [2.45, 2.75) is 71.3 Å². The lowest BCUT2D eigenvalue weighted by Crippen LogP contribution is -2.47. The molecule has 0 aromatic rings. The molecule has 13 heteroatoms. The van der Waals surface area contributed by atoms with Crippen LogP contribution in [0.1, 0.15) is 65.2 Å². The molecule has 1 rings (SSSR count). The lowest BCUT2D eigenvalue weighted by molar-refractivity contribution is -0.197. The van der Waals surface area contributed by atoms with Gasteiger partial charge >= 0.3 is 12.0 Å². The standard InChI is InChI=1S/C21H33N5O8/c1-13(2)20(32)14(6-5-11-23-21(22)33)25-16(28)12-24-15(27)7-3-4-8-19(31)34-26-17(29)9-10-18(26)30/h13-14H,3-12H2,1-2H3,(H,24,27)(H,25,28)(H3,22,23,33). The molecule has 6 amide bonds. The number of imide groups is 1. The number of nitrogens with one attached hydrogen (secondary N) is 3. The molecule has 0 aliphatic carbocycles. The minimum atomic E-state index is -0.750. The van der Waals surface area contributed by atoms with E-state index in [2.05, 4.69) is 16.0 Å². The third-order valence-electron chi connectivity index (χ3n) is 4.90. The van der Waals surface area contributed by atoms with E-state index in [1.807, 2.05) is 0 Å². The molecule has 1 atom stereocenters. The van der Waals surface area contributed by atoms with Gasteiger partial charge in [0, 0.05) is 38.1 Å². The van der Waals surface area contributed by atoms with Crippen molar-refractivity contribution in [3.8, 4) is 0 Å². The first-order chi connectivity index (χ1) is 16.0. The van der Waals surface area contributed by atoms with E-state index in [1.54, 1.807) is 13.8 Å². The first kappa shape index (κ1) is 28.5. The highest BCUT2D eigenvalue weighted by Crippen LogP contribution is 2.13. The van der Waals surface area contributed by atoms with Crippen LogP contribution in [0.25, 0.3) is 0 Å². The predicted octanol–water partition coefficient (Wildman–Crippen LogP) is -0.571. The van der Waals surface area contributed by atoms with Crippen LogP contribution in [0.15, 0.2) is 0 Å². The number of hydrogen-bond donors (Lipinski definition) is 4. The number of rotatable bonds is 15. The Kier molecular flexibility index (Phi) is 12.2. The number of urea groups is 1. The summed E-state index contributed by atoms with van der Waals surface area (Å²) in [5.41, 5.74) is 4.99. The SMILES string of the molecule is CC(C)C(=O)C(CCCNC(N)=O)NC(=O)CNC(=O)CCCCC(=O)ON1C(=O)CCC1=O. The van der Waals surface area contributed by atoms with Crippen LogP contribution in [-0.2, 0) is 33.6 Å². The maximum Gasteiger partial charge on any atom is 0.333 e. The van der Waals surface area contributed by atoms with E-state index < -0.39 is 41.7 Å². The number of nitrogens with two attached hydrogens (primary N) is 1. The number of carbonyl (C=O) groups excluding carboxylic acids is 7. The van der Waals surface area contributed by atoms with E-state index in [0.717, 1.165) is 0 Å². The van der Waals surface area contributed by atoms with Crippen molar-refractivity contribution >= 4 is 41.4 Å². The fourth-order valence-electron chi connectivity index (χ4n) is 3.08.